The summed E-state index contributed by atoms with van der Waals surface area (Å²) in [6, 6.07) is 0. The molecule has 0 saturated heterocycles. The smallest absolute Gasteiger partial charge is 0.544 e. The van der Waals surface area contributed by atoms with Gasteiger partial charge in [-0.15, -0.1) is 0 Å². The summed E-state index contributed by atoms with van der Waals surface area (Å²) >= 11 is 0. The normalized spacial score (nSPS) is 15.0. The second-order valence-electron chi connectivity index (χ2n) is 4.00. The standard InChI is InChI=1S/C8H3F13O2.Na/c9-1-3(10,11)5(14,15)7(18,19)8(20,21)6(16,17)4(12,13)2(22)23;/h1H2,(H,22,23);/q;+1/p-1. The van der Waals surface area contributed by atoms with E-state index in [1.54, 1.807) is 0 Å². The molecule has 0 fully saturated rings. The summed E-state index contributed by atoms with van der Waals surface area (Å²) in [4.78, 5) is 9.63. The Bertz CT molecular complexity index is 475. The number of aliphatic carboxylic acids is 1. The molecule has 0 saturated carbocycles. The molecule has 24 heavy (non-hydrogen) atoms. The number of carboxylic acids is 1. The minimum Gasteiger partial charge on any atom is -0.544 e. The fraction of sp³-hybridized carbons (Fsp3) is 0.875. The molecular weight excluding hydrogens is 398 g/mol. The van der Waals surface area contributed by atoms with Gasteiger partial charge in [-0.1, -0.05) is 0 Å². The van der Waals surface area contributed by atoms with Crippen LogP contribution in [0, 0.1) is 0 Å². The zero-order valence-electron chi connectivity index (χ0n) is 10.9. The zero-order valence-corrected chi connectivity index (χ0v) is 12.9. The molecule has 0 rings (SSSR count). The SMILES string of the molecule is O=C([O-])C(F)(F)C(F)(F)C(F)(F)C(F)(F)C(F)(F)C(F)(F)CF.[Na+]. The van der Waals surface area contributed by atoms with E-state index in [9.17, 15) is 67.0 Å². The zero-order chi connectivity index (χ0) is 19.3. The third-order valence-corrected chi connectivity index (χ3v) is 2.46. The molecular formula is C8H2F13NaO2. The molecule has 0 radical (unpaired) electrons. The summed E-state index contributed by atoms with van der Waals surface area (Å²) in [6.07, 6.45) is 0. The average molecular weight is 400 g/mol. The van der Waals surface area contributed by atoms with Crippen LogP contribution in [0.4, 0.5) is 57.1 Å². The van der Waals surface area contributed by atoms with E-state index in [0.29, 0.717) is 0 Å². The molecule has 138 valence electrons. The van der Waals surface area contributed by atoms with Crippen molar-refractivity contribution in [2.45, 2.75) is 35.5 Å². The predicted octanol–water partition coefficient (Wildman–Crippen LogP) is -0.478. The fourth-order valence-electron chi connectivity index (χ4n) is 1.03. The van der Waals surface area contributed by atoms with Crippen molar-refractivity contribution < 1.29 is 96.5 Å². The van der Waals surface area contributed by atoms with Gasteiger partial charge in [0.05, 0.1) is 0 Å². The van der Waals surface area contributed by atoms with Gasteiger partial charge in [-0.05, 0) is 0 Å². The van der Waals surface area contributed by atoms with Crippen molar-refractivity contribution in [3.63, 3.8) is 0 Å². The number of carbonyl (C=O) groups excluding carboxylic acids is 1. The van der Waals surface area contributed by atoms with Crippen LogP contribution in [-0.4, -0.2) is 48.2 Å². The van der Waals surface area contributed by atoms with Crippen LogP contribution in [0.25, 0.3) is 0 Å². The van der Waals surface area contributed by atoms with Gasteiger partial charge in [0.2, 0.25) is 0 Å². The summed E-state index contributed by atoms with van der Waals surface area (Å²) in [7, 11) is 0. The first-order chi connectivity index (χ1) is 9.75. The molecule has 16 heteroatoms. The van der Waals surface area contributed by atoms with Crippen LogP contribution < -0.4 is 34.7 Å². The predicted molar refractivity (Wildman–Crippen MR) is 40.7 cm³/mol. The van der Waals surface area contributed by atoms with Gasteiger partial charge >= 0.3 is 65.1 Å². The molecule has 0 unspecified atom stereocenters. The molecule has 0 spiro atoms. The number of rotatable bonds is 7. The number of alkyl halides is 13. The van der Waals surface area contributed by atoms with Gasteiger partial charge in [0.1, 0.15) is 5.97 Å². The van der Waals surface area contributed by atoms with E-state index in [2.05, 4.69) is 0 Å². The molecule has 0 aromatic carbocycles. The van der Waals surface area contributed by atoms with Crippen molar-refractivity contribution in [1.29, 1.82) is 0 Å². The van der Waals surface area contributed by atoms with Gasteiger partial charge < -0.3 is 9.90 Å². The molecule has 0 amide bonds. The van der Waals surface area contributed by atoms with Crippen molar-refractivity contribution in [3.8, 4) is 0 Å². The minimum absolute atomic E-state index is 0. The van der Waals surface area contributed by atoms with Gasteiger partial charge in [-0.25, -0.2) is 4.39 Å². The maximum atomic E-state index is 12.8. The Morgan fingerprint density at radius 3 is 1.21 bits per heavy atom. The van der Waals surface area contributed by atoms with Gasteiger partial charge in [-0.3, -0.25) is 0 Å². The Morgan fingerprint density at radius 1 is 0.667 bits per heavy atom. The van der Waals surface area contributed by atoms with Crippen LogP contribution in [0.3, 0.4) is 0 Å². The number of halogens is 13. The van der Waals surface area contributed by atoms with Crippen LogP contribution in [-0.2, 0) is 4.79 Å². The maximum absolute atomic E-state index is 12.8. The average Bonchev–Trinajstić information content (AvgIpc) is 2.37. The third kappa shape index (κ3) is 3.18. The summed E-state index contributed by atoms with van der Waals surface area (Å²) in [5, 5.41) is 9.63. The molecule has 0 N–H and O–H groups in total. The van der Waals surface area contributed by atoms with Crippen LogP contribution in [0.15, 0.2) is 0 Å². The molecule has 0 aliphatic carbocycles. The van der Waals surface area contributed by atoms with Crippen LogP contribution in [0.2, 0.25) is 0 Å². The van der Waals surface area contributed by atoms with Gasteiger partial charge in [0, 0.05) is 0 Å². The van der Waals surface area contributed by atoms with E-state index in [4.69, 9.17) is 0 Å². The largest absolute Gasteiger partial charge is 1.00 e. The fourth-order valence-corrected chi connectivity index (χ4v) is 1.03. The Kier molecular flexibility index (Phi) is 7.20. The first kappa shape index (κ1) is 25.8. The number of hydrogen-bond acceptors (Lipinski definition) is 2. The molecule has 0 aromatic heterocycles. The van der Waals surface area contributed by atoms with Crippen LogP contribution in [0.5, 0.6) is 0 Å². The first-order valence-corrected chi connectivity index (χ1v) is 4.80. The molecule has 2 nitrogen and oxygen atoms in total. The van der Waals surface area contributed by atoms with E-state index in [1.165, 1.54) is 0 Å². The van der Waals surface area contributed by atoms with Crippen molar-refractivity contribution >= 4 is 5.97 Å². The minimum atomic E-state index is -8.04. The summed E-state index contributed by atoms with van der Waals surface area (Å²) in [5.74, 6) is -49.6. The molecule has 0 atom stereocenters. The number of carboxylic acid groups (broad SMARTS) is 1. The topological polar surface area (TPSA) is 40.1 Å². The molecule has 0 bridgehead atoms. The molecule has 0 aromatic rings. The Morgan fingerprint density at radius 2 is 0.958 bits per heavy atom. The van der Waals surface area contributed by atoms with Crippen molar-refractivity contribution in [2.24, 2.45) is 0 Å². The van der Waals surface area contributed by atoms with Gasteiger partial charge in [0.25, 0.3) is 0 Å². The second kappa shape index (κ2) is 6.70. The maximum Gasteiger partial charge on any atom is 1.00 e. The summed E-state index contributed by atoms with van der Waals surface area (Å²) < 4.78 is 163. The number of carbonyl (C=O) groups is 1. The van der Waals surface area contributed by atoms with E-state index in [1.807, 2.05) is 0 Å². The summed E-state index contributed by atoms with van der Waals surface area (Å²) in [5.41, 5.74) is 0. The van der Waals surface area contributed by atoms with Gasteiger partial charge in [0.15, 0.2) is 6.67 Å². The molecule has 0 aliphatic heterocycles. The third-order valence-electron chi connectivity index (χ3n) is 2.46. The molecule has 0 aliphatic rings. The van der Waals surface area contributed by atoms with Crippen LogP contribution in [0.1, 0.15) is 0 Å². The van der Waals surface area contributed by atoms with E-state index >= 15 is 0 Å². The Balaban J connectivity index is 0. The quantitative estimate of drug-likeness (QED) is 0.428. The Hall–Kier alpha value is -0.440. The molecule has 0 heterocycles. The van der Waals surface area contributed by atoms with Crippen molar-refractivity contribution in [3.05, 3.63) is 0 Å². The van der Waals surface area contributed by atoms with Crippen molar-refractivity contribution in [1.82, 2.24) is 0 Å². The first-order valence-electron chi connectivity index (χ1n) is 4.80. The van der Waals surface area contributed by atoms with E-state index in [-0.39, 0.29) is 29.6 Å². The van der Waals surface area contributed by atoms with E-state index in [0.717, 1.165) is 0 Å². The monoisotopic (exact) mass is 400 g/mol. The number of hydrogen-bond donors (Lipinski definition) is 0. The van der Waals surface area contributed by atoms with Crippen LogP contribution >= 0.6 is 0 Å². The van der Waals surface area contributed by atoms with Gasteiger partial charge in [-0.2, -0.15) is 52.7 Å². The second-order valence-corrected chi connectivity index (χ2v) is 4.00. The van der Waals surface area contributed by atoms with E-state index < -0.39 is 48.2 Å². The Labute approximate surface area is 145 Å². The van der Waals surface area contributed by atoms with Crippen molar-refractivity contribution in [2.75, 3.05) is 6.67 Å². The summed E-state index contributed by atoms with van der Waals surface area (Å²) in [6.45, 7) is -3.74.